The maximum Gasteiger partial charge on any atom is 0.0441 e. The molecular weight excluding hydrogens is 318 g/mol. The van der Waals surface area contributed by atoms with Gasteiger partial charge >= 0.3 is 0 Å². The molecule has 0 aromatic heterocycles. The van der Waals surface area contributed by atoms with Gasteiger partial charge in [0.2, 0.25) is 0 Å². The first kappa shape index (κ1) is 17.5. The molecular formula is C17H26ClNS2. The number of aryl methyl sites for hydroxylation is 1. The van der Waals surface area contributed by atoms with Crippen LogP contribution in [0.3, 0.4) is 0 Å². The smallest absolute Gasteiger partial charge is 0.0441 e. The Labute approximate surface area is 143 Å². The Morgan fingerprint density at radius 2 is 2.05 bits per heavy atom. The van der Waals surface area contributed by atoms with Crippen molar-refractivity contribution in [1.29, 1.82) is 0 Å². The van der Waals surface area contributed by atoms with Crippen LogP contribution in [0.5, 0.6) is 0 Å². The largest absolute Gasteiger partial charge is 0.313 e. The molecule has 1 fully saturated rings. The molecule has 3 atom stereocenters. The fourth-order valence-corrected chi connectivity index (χ4v) is 6.51. The highest BCUT2D eigenvalue weighted by Gasteiger charge is 2.31. The lowest BCUT2D eigenvalue weighted by Gasteiger charge is -2.36. The zero-order valence-corrected chi connectivity index (χ0v) is 15.6. The second kappa shape index (κ2) is 8.71. The van der Waals surface area contributed by atoms with Gasteiger partial charge in [-0.2, -0.15) is 23.5 Å². The maximum atomic E-state index is 6.44. The van der Waals surface area contributed by atoms with Crippen LogP contribution < -0.4 is 5.32 Å². The van der Waals surface area contributed by atoms with Gasteiger partial charge in [0.1, 0.15) is 0 Å². The summed E-state index contributed by atoms with van der Waals surface area (Å²) in [5, 5.41) is 6.08. The highest BCUT2D eigenvalue weighted by Crippen LogP contribution is 2.36. The number of hydrogen-bond acceptors (Lipinski definition) is 3. The Bertz CT molecular complexity index is 452. The van der Waals surface area contributed by atoms with Crippen molar-refractivity contribution >= 4 is 35.1 Å². The van der Waals surface area contributed by atoms with Crippen LogP contribution in [-0.4, -0.2) is 34.6 Å². The van der Waals surface area contributed by atoms with Crippen molar-refractivity contribution in [2.45, 2.75) is 50.2 Å². The van der Waals surface area contributed by atoms with Crippen molar-refractivity contribution < 1.29 is 0 Å². The molecule has 4 heteroatoms. The van der Waals surface area contributed by atoms with Crippen LogP contribution in [0.1, 0.15) is 31.4 Å². The van der Waals surface area contributed by atoms with Gasteiger partial charge in [-0.3, -0.25) is 0 Å². The molecule has 0 spiro atoms. The molecule has 1 aliphatic heterocycles. The van der Waals surface area contributed by atoms with Crippen LogP contribution in [0.4, 0.5) is 0 Å². The minimum atomic E-state index is 0.512. The molecule has 1 N–H and O–H groups in total. The van der Waals surface area contributed by atoms with Crippen molar-refractivity contribution in [3.8, 4) is 0 Å². The summed E-state index contributed by atoms with van der Waals surface area (Å²) in [6, 6.07) is 6.96. The van der Waals surface area contributed by atoms with E-state index in [1.807, 2.05) is 0 Å². The van der Waals surface area contributed by atoms with E-state index in [1.54, 1.807) is 0 Å². The first-order chi connectivity index (χ1) is 10.2. The third-order valence-corrected chi connectivity index (χ3v) is 7.76. The Kier molecular flexibility index (Phi) is 7.27. The van der Waals surface area contributed by atoms with Gasteiger partial charge < -0.3 is 5.32 Å². The van der Waals surface area contributed by atoms with Crippen molar-refractivity contribution in [1.82, 2.24) is 5.32 Å². The number of rotatable bonds is 6. The van der Waals surface area contributed by atoms with Crippen molar-refractivity contribution in [3.63, 3.8) is 0 Å². The molecule has 118 valence electrons. The number of likely N-dealkylation sites (N-methyl/N-ethyl adjacent to an activating group) is 1. The minimum absolute atomic E-state index is 0.512. The van der Waals surface area contributed by atoms with E-state index in [-0.39, 0.29) is 0 Å². The van der Waals surface area contributed by atoms with E-state index in [4.69, 9.17) is 11.6 Å². The predicted molar refractivity (Wildman–Crippen MR) is 100 cm³/mol. The monoisotopic (exact) mass is 343 g/mol. The number of halogens is 1. The third-order valence-electron chi connectivity index (χ3n) is 4.01. The Balaban J connectivity index is 2.13. The number of nitrogens with one attached hydrogen (secondary N) is 1. The van der Waals surface area contributed by atoms with Crippen LogP contribution in [0, 0.1) is 6.92 Å². The van der Waals surface area contributed by atoms with Crippen LogP contribution in [0.25, 0.3) is 0 Å². The highest BCUT2D eigenvalue weighted by atomic mass is 35.5. The average Bonchev–Trinajstić information content (AvgIpc) is 2.49. The lowest BCUT2D eigenvalue weighted by molar-refractivity contribution is 0.490. The summed E-state index contributed by atoms with van der Waals surface area (Å²) in [6.45, 7) is 7.63. The van der Waals surface area contributed by atoms with Crippen LogP contribution >= 0.6 is 35.1 Å². The fourth-order valence-electron chi connectivity index (χ4n) is 2.93. The molecule has 1 saturated heterocycles. The Morgan fingerprint density at radius 1 is 1.29 bits per heavy atom. The van der Waals surface area contributed by atoms with Gasteiger partial charge in [0.15, 0.2) is 0 Å². The van der Waals surface area contributed by atoms with Gasteiger partial charge in [-0.05, 0) is 43.5 Å². The molecule has 1 aliphatic rings. The van der Waals surface area contributed by atoms with E-state index in [0.717, 1.165) is 23.2 Å². The number of thioether (sulfide) groups is 2. The molecule has 1 heterocycles. The maximum absolute atomic E-state index is 6.44. The molecule has 0 amide bonds. The van der Waals surface area contributed by atoms with Crippen LogP contribution in [-0.2, 0) is 6.42 Å². The van der Waals surface area contributed by atoms with Gasteiger partial charge in [0, 0.05) is 33.1 Å². The van der Waals surface area contributed by atoms with Gasteiger partial charge in [-0.1, -0.05) is 37.6 Å². The normalized spacial score (nSPS) is 24.0. The second-order valence-corrected chi connectivity index (χ2v) is 8.66. The number of benzene rings is 1. The topological polar surface area (TPSA) is 12.0 Å². The first-order valence-electron chi connectivity index (χ1n) is 7.87. The summed E-state index contributed by atoms with van der Waals surface area (Å²) in [7, 11) is 0. The van der Waals surface area contributed by atoms with E-state index >= 15 is 0 Å². The van der Waals surface area contributed by atoms with Gasteiger partial charge in [0.25, 0.3) is 0 Å². The van der Waals surface area contributed by atoms with Gasteiger partial charge in [-0.15, -0.1) is 0 Å². The first-order valence-corrected chi connectivity index (χ1v) is 10.3. The summed E-state index contributed by atoms with van der Waals surface area (Å²) >= 11 is 10.7. The summed E-state index contributed by atoms with van der Waals surface area (Å²) in [4.78, 5) is 0. The lowest BCUT2D eigenvalue weighted by atomic mass is 9.99. The van der Waals surface area contributed by atoms with E-state index in [9.17, 15) is 0 Å². The molecule has 1 aromatic carbocycles. The molecule has 21 heavy (non-hydrogen) atoms. The standard InChI is InChI=1S/C17H26ClNS2/c1-4-16-17(21-9-8-20-16)15(19-5-2)11-13-7-6-12(3)10-14(13)18/h6-7,10,15-17,19H,4-5,8-9,11H2,1-3H3. The highest BCUT2D eigenvalue weighted by molar-refractivity contribution is 8.07. The molecule has 0 radical (unpaired) electrons. The van der Waals surface area contributed by atoms with Gasteiger partial charge in [0.05, 0.1) is 0 Å². The molecule has 1 aromatic rings. The molecule has 0 saturated carbocycles. The third kappa shape index (κ3) is 4.82. The predicted octanol–water partition coefficient (Wildman–Crippen LogP) is 4.80. The van der Waals surface area contributed by atoms with E-state index in [2.05, 4.69) is 67.8 Å². The molecule has 2 rings (SSSR count). The minimum Gasteiger partial charge on any atom is -0.313 e. The molecule has 3 unspecified atom stereocenters. The fraction of sp³-hybridized carbons (Fsp3) is 0.647. The summed E-state index contributed by atoms with van der Waals surface area (Å²) in [6.07, 6.45) is 2.29. The van der Waals surface area contributed by atoms with Crippen molar-refractivity contribution in [2.75, 3.05) is 18.1 Å². The quantitative estimate of drug-likeness (QED) is 0.797. The second-order valence-electron chi connectivity index (χ2n) is 5.62. The van der Waals surface area contributed by atoms with Crippen LogP contribution in [0.15, 0.2) is 18.2 Å². The lowest BCUT2D eigenvalue weighted by Crippen LogP contribution is -2.46. The zero-order chi connectivity index (χ0) is 15.2. The summed E-state index contributed by atoms with van der Waals surface area (Å²) in [5.74, 6) is 2.57. The Morgan fingerprint density at radius 3 is 2.71 bits per heavy atom. The molecule has 1 nitrogen and oxygen atoms in total. The number of hydrogen-bond donors (Lipinski definition) is 1. The average molecular weight is 344 g/mol. The van der Waals surface area contributed by atoms with Crippen molar-refractivity contribution in [2.24, 2.45) is 0 Å². The van der Waals surface area contributed by atoms with Gasteiger partial charge in [-0.25, -0.2) is 0 Å². The Hall–Kier alpha value is 0.170. The van der Waals surface area contributed by atoms with E-state index < -0.39 is 0 Å². The summed E-state index contributed by atoms with van der Waals surface area (Å²) in [5.41, 5.74) is 2.51. The molecule has 0 aliphatic carbocycles. The van der Waals surface area contributed by atoms with E-state index in [0.29, 0.717) is 11.3 Å². The SMILES string of the molecule is CCNC(Cc1ccc(C)cc1Cl)C1SCCSC1CC. The molecule has 0 bridgehead atoms. The zero-order valence-electron chi connectivity index (χ0n) is 13.2. The van der Waals surface area contributed by atoms with Crippen molar-refractivity contribution in [3.05, 3.63) is 34.3 Å². The van der Waals surface area contributed by atoms with E-state index in [1.165, 1.54) is 29.1 Å². The van der Waals surface area contributed by atoms with Crippen LogP contribution in [0.2, 0.25) is 5.02 Å². The summed E-state index contributed by atoms with van der Waals surface area (Å²) < 4.78 is 0.